The van der Waals surface area contributed by atoms with Crippen LogP contribution in [0.15, 0.2) is 24.4 Å². The SMILES string of the molecule is O=C(O)C(O)=CCc1cnc[nH]1. The maximum Gasteiger partial charge on any atom is 0.370 e. The van der Waals surface area contributed by atoms with E-state index < -0.39 is 11.7 Å². The number of aliphatic hydroxyl groups is 1. The number of hydrogen-bond donors (Lipinski definition) is 3. The van der Waals surface area contributed by atoms with Crippen molar-refractivity contribution in [3.8, 4) is 0 Å². The maximum atomic E-state index is 10.1. The van der Waals surface area contributed by atoms with Crippen LogP contribution in [0, 0.1) is 0 Å². The Balaban J connectivity index is 2.55. The third-order valence-corrected chi connectivity index (χ3v) is 1.29. The molecular formula is C7H8N2O3. The largest absolute Gasteiger partial charge is 0.502 e. The van der Waals surface area contributed by atoms with Crippen molar-refractivity contribution in [1.82, 2.24) is 9.97 Å². The summed E-state index contributed by atoms with van der Waals surface area (Å²) in [5, 5.41) is 17.0. The highest BCUT2D eigenvalue weighted by molar-refractivity contribution is 5.83. The normalized spacial score (nSPS) is 11.5. The number of carbonyl (C=O) groups is 1. The Labute approximate surface area is 68.4 Å². The van der Waals surface area contributed by atoms with Crippen molar-refractivity contribution in [3.05, 3.63) is 30.1 Å². The van der Waals surface area contributed by atoms with Crippen LogP contribution < -0.4 is 0 Å². The van der Waals surface area contributed by atoms with Gasteiger partial charge in [-0.25, -0.2) is 9.78 Å². The van der Waals surface area contributed by atoms with Crippen LogP contribution in [0.2, 0.25) is 0 Å². The van der Waals surface area contributed by atoms with Gasteiger partial charge in [0.25, 0.3) is 0 Å². The molecule has 1 aromatic rings. The van der Waals surface area contributed by atoms with Gasteiger partial charge in [-0.1, -0.05) is 0 Å². The van der Waals surface area contributed by atoms with Gasteiger partial charge in [-0.2, -0.15) is 0 Å². The highest BCUT2D eigenvalue weighted by Gasteiger charge is 2.02. The number of nitrogens with one attached hydrogen (secondary N) is 1. The smallest absolute Gasteiger partial charge is 0.370 e. The molecule has 0 aliphatic rings. The molecule has 5 nitrogen and oxygen atoms in total. The van der Waals surface area contributed by atoms with E-state index in [0.717, 1.165) is 5.69 Å². The fraction of sp³-hybridized carbons (Fsp3) is 0.143. The number of aliphatic hydroxyl groups excluding tert-OH is 1. The lowest BCUT2D eigenvalue weighted by molar-refractivity contribution is -0.135. The van der Waals surface area contributed by atoms with Gasteiger partial charge in [0, 0.05) is 18.3 Å². The first-order valence-electron chi connectivity index (χ1n) is 3.30. The molecule has 64 valence electrons. The Morgan fingerprint density at radius 1 is 1.67 bits per heavy atom. The van der Waals surface area contributed by atoms with Gasteiger partial charge in [0.2, 0.25) is 0 Å². The lowest BCUT2D eigenvalue weighted by Crippen LogP contribution is -1.99. The van der Waals surface area contributed by atoms with Gasteiger partial charge in [0.15, 0.2) is 5.76 Å². The highest BCUT2D eigenvalue weighted by atomic mass is 16.4. The van der Waals surface area contributed by atoms with Crippen molar-refractivity contribution in [3.63, 3.8) is 0 Å². The van der Waals surface area contributed by atoms with Crippen LogP contribution in [0.1, 0.15) is 5.69 Å². The zero-order valence-corrected chi connectivity index (χ0v) is 6.19. The number of hydrogen-bond acceptors (Lipinski definition) is 3. The number of carboxylic acid groups (broad SMARTS) is 1. The second-order valence-electron chi connectivity index (χ2n) is 2.18. The molecule has 0 radical (unpaired) electrons. The summed E-state index contributed by atoms with van der Waals surface area (Å²) in [7, 11) is 0. The Bertz CT molecular complexity index is 290. The number of rotatable bonds is 3. The standard InChI is InChI=1S/C7H8N2O3/c10-6(7(11)12)2-1-5-3-8-4-9-5/h2-4,10H,1H2,(H,8,9)(H,11,12). The van der Waals surface area contributed by atoms with Crippen molar-refractivity contribution in [1.29, 1.82) is 0 Å². The molecule has 1 aromatic heterocycles. The summed E-state index contributed by atoms with van der Waals surface area (Å²) >= 11 is 0. The third kappa shape index (κ3) is 2.12. The summed E-state index contributed by atoms with van der Waals surface area (Å²) in [5.41, 5.74) is 0.753. The minimum absolute atomic E-state index is 0.331. The van der Waals surface area contributed by atoms with Gasteiger partial charge in [-0.3, -0.25) is 0 Å². The van der Waals surface area contributed by atoms with E-state index in [0.29, 0.717) is 6.42 Å². The predicted molar refractivity (Wildman–Crippen MR) is 40.6 cm³/mol. The van der Waals surface area contributed by atoms with E-state index in [1.165, 1.54) is 12.4 Å². The van der Waals surface area contributed by atoms with E-state index in [1.807, 2.05) is 0 Å². The van der Waals surface area contributed by atoms with Crippen LogP contribution >= 0.6 is 0 Å². The van der Waals surface area contributed by atoms with Gasteiger partial charge < -0.3 is 15.2 Å². The molecule has 1 rings (SSSR count). The van der Waals surface area contributed by atoms with Crippen molar-refractivity contribution in [2.45, 2.75) is 6.42 Å². The molecule has 1 heterocycles. The molecular weight excluding hydrogens is 160 g/mol. The topological polar surface area (TPSA) is 86.2 Å². The van der Waals surface area contributed by atoms with Gasteiger partial charge in [-0.05, 0) is 6.08 Å². The average molecular weight is 168 g/mol. The number of allylic oxidation sites excluding steroid dienone is 1. The Morgan fingerprint density at radius 3 is 2.92 bits per heavy atom. The van der Waals surface area contributed by atoms with E-state index in [1.54, 1.807) is 6.20 Å². The van der Waals surface area contributed by atoms with Gasteiger partial charge >= 0.3 is 5.97 Å². The molecule has 0 atom stereocenters. The number of aromatic amines is 1. The van der Waals surface area contributed by atoms with Crippen LogP contribution in [0.5, 0.6) is 0 Å². The Morgan fingerprint density at radius 2 is 2.42 bits per heavy atom. The molecule has 0 spiro atoms. The molecule has 5 heteroatoms. The second-order valence-corrected chi connectivity index (χ2v) is 2.18. The highest BCUT2D eigenvalue weighted by Crippen LogP contribution is 1.96. The lowest BCUT2D eigenvalue weighted by atomic mass is 10.3. The molecule has 0 fully saturated rings. The van der Waals surface area contributed by atoms with Crippen molar-refractivity contribution in [2.75, 3.05) is 0 Å². The average Bonchev–Trinajstić information content (AvgIpc) is 2.51. The first kappa shape index (κ1) is 8.32. The number of aromatic nitrogens is 2. The van der Waals surface area contributed by atoms with E-state index >= 15 is 0 Å². The van der Waals surface area contributed by atoms with Crippen LogP contribution in [0.25, 0.3) is 0 Å². The molecule has 0 unspecified atom stereocenters. The summed E-state index contributed by atoms with van der Waals surface area (Å²) in [6, 6.07) is 0. The number of nitrogens with zero attached hydrogens (tertiary/aromatic N) is 1. The molecule has 12 heavy (non-hydrogen) atoms. The zero-order valence-electron chi connectivity index (χ0n) is 6.19. The number of carboxylic acids is 1. The Hall–Kier alpha value is -1.78. The third-order valence-electron chi connectivity index (χ3n) is 1.29. The minimum atomic E-state index is -1.32. The molecule has 0 saturated heterocycles. The quantitative estimate of drug-likeness (QED) is 0.452. The van der Waals surface area contributed by atoms with Gasteiger partial charge in [-0.15, -0.1) is 0 Å². The summed E-state index contributed by atoms with van der Waals surface area (Å²) in [5.74, 6) is -1.97. The van der Waals surface area contributed by atoms with E-state index in [2.05, 4.69) is 9.97 Å². The first-order chi connectivity index (χ1) is 5.70. The minimum Gasteiger partial charge on any atom is -0.502 e. The van der Waals surface area contributed by atoms with E-state index in [4.69, 9.17) is 10.2 Å². The van der Waals surface area contributed by atoms with Crippen molar-refractivity contribution >= 4 is 5.97 Å². The molecule has 0 amide bonds. The predicted octanol–water partition coefficient (Wildman–Crippen LogP) is 0.479. The van der Waals surface area contributed by atoms with E-state index in [-0.39, 0.29) is 0 Å². The van der Waals surface area contributed by atoms with Crippen molar-refractivity contribution < 1.29 is 15.0 Å². The van der Waals surface area contributed by atoms with Crippen LogP contribution in [-0.2, 0) is 11.2 Å². The summed E-state index contributed by atoms with van der Waals surface area (Å²) in [6.45, 7) is 0. The van der Waals surface area contributed by atoms with Gasteiger partial charge in [0.05, 0.1) is 6.33 Å². The maximum absolute atomic E-state index is 10.1. The zero-order chi connectivity index (χ0) is 8.97. The summed E-state index contributed by atoms with van der Waals surface area (Å²) < 4.78 is 0. The number of imidazole rings is 1. The monoisotopic (exact) mass is 168 g/mol. The van der Waals surface area contributed by atoms with Crippen molar-refractivity contribution in [2.24, 2.45) is 0 Å². The summed E-state index contributed by atoms with van der Waals surface area (Å²) in [4.78, 5) is 16.6. The number of H-pyrrole nitrogens is 1. The molecule has 0 saturated carbocycles. The molecule has 0 aromatic carbocycles. The van der Waals surface area contributed by atoms with Crippen LogP contribution in [-0.4, -0.2) is 26.2 Å². The van der Waals surface area contributed by atoms with Gasteiger partial charge in [0.1, 0.15) is 0 Å². The van der Waals surface area contributed by atoms with Crippen LogP contribution in [0.3, 0.4) is 0 Å². The molecule has 0 bridgehead atoms. The van der Waals surface area contributed by atoms with E-state index in [9.17, 15) is 4.79 Å². The fourth-order valence-corrected chi connectivity index (χ4v) is 0.690. The first-order valence-corrected chi connectivity index (χ1v) is 3.30. The molecule has 0 aliphatic heterocycles. The summed E-state index contributed by atoms with van der Waals surface area (Å²) in [6.07, 6.45) is 4.58. The van der Waals surface area contributed by atoms with Crippen LogP contribution in [0.4, 0.5) is 0 Å². The molecule has 0 aliphatic carbocycles. The number of aliphatic carboxylic acids is 1. The lowest BCUT2D eigenvalue weighted by Gasteiger charge is -1.90. The fourth-order valence-electron chi connectivity index (χ4n) is 0.690. The molecule has 3 N–H and O–H groups in total. The second kappa shape index (κ2) is 3.56. The Kier molecular flexibility index (Phi) is 2.47.